The fraction of sp³-hybridized carbons (Fsp3) is 0.619. The van der Waals surface area contributed by atoms with Crippen molar-refractivity contribution < 1.29 is 19.1 Å². The van der Waals surface area contributed by atoms with Crippen molar-refractivity contribution in [1.82, 2.24) is 15.1 Å². The normalized spacial score (nSPS) is 25.1. The van der Waals surface area contributed by atoms with Crippen LogP contribution in [0.3, 0.4) is 0 Å². The Morgan fingerprint density at radius 1 is 1.29 bits per heavy atom. The van der Waals surface area contributed by atoms with Gasteiger partial charge in [0, 0.05) is 44.3 Å². The van der Waals surface area contributed by atoms with E-state index in [1.165, 1.54) is 0 Å². The van der Waals surface area contributed by atoms with Gasteiger partial charge >= 0.3 is 12.1 Å². The molecule has 28 heavy (non-hydrogen) atoms. The van der Waals surface area contributed by atoms with Crippen LogP contribution in [0.25, 0.3) is 0 Å². The Labute approximate surface area is 166 Å². The van der Waals surface area contributed by atoms with E-state index in [9.17, 15) is 9.59 Å². The number of hydrogen-bond acceptors (Lipinski definition) is 6. The summed E-state index contributed by atoms with van der Waals surface area (Å²) in [4.78, 5) is 29.3. The monoisotopic (exact) mass is 387 g/mol. The second-order valence-electron chi connectivity index (χ2n) is 8.88. The van der Waals surface area contributed by atoms with Gasteiger partial charge in [0.1, 0.15) is 12.2 Å². The number of nitrogens with zero attached hydrogens (tertiary/aromatic N) is 2. The Kier molecular flexibility index (Phi) is 4.83. The summed E-state index contributed by atoms with van der Waals surface area (Å²) < 4.78 is 10.9. The van der Waals surface area contributed by atoms with Crippen LogP contribution in [0.5, 0.6) is 0 Å². The van der Waals surface area contributed by atoms with Crippen LogP contribution in [0.2, 0.25) is 0 Å². The second kappa shape index (κ2) is 7.04. The highest BCUT2D eigenvalue weighted by atomic mass is 16.6. The molecule has 0 saturated carbocycles. The first-order chi connectivity index (χ1) is 13.2. The molecule has 3 heterocycles. The molecule has 7 nitrogen and oxygen atoms in total. The van der Waals surface area contributed by atoms with E-state index in [4.69, 9.17) is 9.47 Å². The maximum absolute atomic E-state index is 13.1. The van der Waals surface area contributed by atoms with E-state index < -0.39 is 5.60 Å². The summed E-state index contributed by atoms with van der Waals surface area (Å²) in [6.45, 7) is 12.2. The molecule has 1 aromatic rings. The average molecular weight is 387 g/mol. The first-order valence-electron chi connectivity index (χ1n) is 9.98. The van der Waals surface area contributed by atoms with Gasteiger partial charge in [-0.05, 0) is 44.9 Å². The molecule has 3 aliphatic rings. The predicted molar refractivity (Wildman–Crippen MR) is 104 cm³/mol. The summed E-state index contributed by atoms with van der Waals surface area (Å²) in [5, 5.41) is 3.42. The molecule has 152 valence electrons. The van der Waals surface area contributed by atoms with Crippen LogP contribution < -0.4 is 5.32 Å². The number of fused-ring (bicyclic) bond motifs is 2. The fourth-order valence-corrected chi connectivity index (χ4v) is 4.42. The van der Waals surface area contributed by atoms with Crippen molar-refractivity contribution in [2.75, 3.05) is 32.7 Å². The lowest BCUT2D eigenvalue weighted by Crippen LogP contribution is -2.63. The molecule has 0 aliphatic carbocycles. The minimum atomic E-state index is -0.545. The predicted octanol–water partition coefficient (Wildman–Crippen LogP) is 2.23. The summed E-state index contributed by atoms with van der Waals surface area (Å²) >= 11 is 0. The maximum atomic E-state index is 13.1. The SMILES string of the molecule is Cc1c([C@H]2CN3CCNC[C@H]3CN2C(=O)OC(C)(C)C)ccc2c1COC2=O. The number of hydrogen-bond donors (Lipinski definition) is 1. The summed E-state index contributed by atoms with van der Waals surface area (Å²) in [6.07, 6.45) is -0.282. The van der Waals surface area contributed by atoms with Gasteiger partial charge in [-0.1, -0.05) is 6.07 Å². The topological polar surface area (TPSA) is 71.1 Å². The van der Waals surface area contributed by atoms with E-state index in [1.54, 1.807) is 0 Å². The molecule has 1 amide bonds. The van der Waals surface area contributed by atoms with E-state index in [-0.39, 0.29) is 24.1 Å². The lowest BCUT2D eigenvalue weighted by atomic mass is 9.91. The van der Waals surface area contributed by atoms with Crippen LogP contribution in [0.15, 0.2) is 12.1 Å². The Balaban J connectivity index is 1.69. The van der Waals surface area contributed by atoms with Crippen LogP contribution in [-0.4, -0.2) is 66.2 Å². The average Bonchev–Trinajstić information content (AvgIpc) is 3.01. The molecule has 1 aromatic carbocycles. The zero-order chi connectivity index (χ0) is 20.1. The number of rotatable bonds is 1. The number of carbonyl (C=O) groups is 2. The molecule has 1 N–H and O–H groups in total. The van der Waals surface area contributed by atoms with Gasteiger partial charge in [-0.25, -0.2) is 9.59 Å². The minimum absolute atomic E-state index is 0.106. The van der Waals surface area contributed by atoms with Crippen LogP contribution in [0, 0.1) is 6.92 Å². The second-order valence-corrected chi connectivity index (χ2v) is 8.88. The highest BCUT2D eigenvalue weighted by Gasteiger charge is 2.41. The van der Waals surface area contributed by atoms with E-state index in [1.807, 2.05) is 44.7 Å². The Bertz CT molecular complexity index is 802. The Morgan fingerprint density at radius 3 is 2.82 bits per heavy atom. The molecule has 2 saturated heterocycles. The molecule has 7 heteroatoms. The van der Waals surface area contributed by atoms with Crippen LogP contribution in [0.4, 0.5) is 4.79 Å². The standard InChI is InChI=1S/C21H29N3O4/c1-13-15(5-6-16-17(13)12-27-19(16)25)18-11-23-8-7-22-9-14(23)10-24(18)20(26)28-21(2,3)4/h5-6,14,18,22H,7-12H2,1-4H3/t14-,18+/m0/s1. The maximum Gasteiger partial charge on any atom is 0.410 e. The van der Waals surface area contributed by atoms with E-state index in [0.717, 1.165) is 42.9 Å². The molecule has 0 unspecified atom stereocenters. The van der Waals surface area contributed by atoms with Crippen molar-refractivity contribution in [3.8, 4) is 0 Å². The van der Waals surface area contributed by atoms with Gasteiger partial charge in [0.2, 0.25) is 0 Å². The lowest BCUT2D eigenvalue weighted by molar-refractivity contribution is -0.0213. The minimum Gasteiger partial charge on any atom is -0.457 e. The molecular formula is C21H29N3O4. The van der Waals surface area contributed by atoms with E-state index >= 15 is 0 Å². The molecule has 0 spiro atoms. The van der Waals surface area contributed by atoms with E-state index in [0.29, 0.717) is 18.7 Å². The first kappa shape index (κ1) is 19.2. The number of carbonyl (C=O) groups excluding carboxylic acids is 2. The number of cyclic esters (lactones) is 1. The molecule has 0 aromatic heterocycles. The Morgan fingerprint density at radius 2 is 2.07 bits per heavy atom. The van der Waals surface area contributed by atoms with Gasteiger partial charge in [-0.15, -0.1) is 0 Å². The number of amides is 1. The first-order valence-corrected chi connectivity index (χ1v) is 9.98. The van der Waals surface area contributed by atoms with Crippen molar-refractivity contribution >= 4 is 12.1 Å². The van der Waals surface area contributed by atoms with Crippen molar-refractivity contribution in [2.45, 2.75) is 52.0 Å². The van der Waals surface area contributed by atoms with E-state index in [2.05, 4.69) is 10.2 Å². The molecule has 2 atom stereocenters. The zero-order valence-corrected chi connectivity index (χ0v) is 17.1. The van der Waals surface area contributed by atoms with Crippen molar-refractivity contribution in [3.05, 3.63) is 34.4 Å². The Hall–Kier alpha value is -2.12. The molecule has 0 bridgehead atoms. The summed E-state index contributed by atoms with van der Waals surface area (Å²) in [5.74, 6) is -0.264. The van der Waals surface area contributed by atoms with Crippen molar-refractivity contribution in [2.24, 2.45) is 0 Å². The van der Waals surface area contributed by atoms with Gasteiger partial charge in [0.15, 0.2) is 0 Å². The quantitative estimate of drug-likeness (QED) is 0.745. The van der Waals surface area contributed by atoms with Crippen LogP contribution >= 0.6 is 0 Å². The number of esters is 1. The van der Waals surface area contributed by atoms with Crippen molar-refractivity contribution in [1.29, 1.82) is 0 Å². The molecule has 2 fully saturated rings. The summed E-state index contributed by atoms with van der Waals surface area (Å²) in [7, 11) is 0. The van der Waals surface area contributed by atoms with Gasteiger partial charge < -0.3 is 14.8 Å². The highest BCUT2D eigenvalue weighted by molar-refractivity contribution is 5.94. The zero-order valence-electron chi connectivity index (χ0n) is 17.1. The van der Waals surface area contributed by atoms with Gasteiger partial charge in [0.25, 0.3) is 0 Å². The molecule has 0 radical (unpaired) electrons. The number of nitrogens with one attached hydrogen (secondary N) is 1. The number of benzene rings is 1. The van der Waals surface area contributed by atoms with Crippen LogP contribution in [-0.2, 0) is 16.1 Å². The highest BCUT2D eigenvalue weighted by Crippen LogP contribution is 2.35. The number of piperazine rings is 2. The van der Waals surface area contributed by atoms with Crippen LogP contribution in [0.1, 0.15) is 53.9 Å². The van der Waals surface area contributed by atoms with Gasteiger partial charge in [-0.2, -0.15) is 0 Å². The molecule has 4 rings (SSSR count). The summed E-state index contributed by atoms with van der Waals surface area (Å²) in [5.41, 5.74) is 3.14. The third-order valence-corrected chi connectivity index (χ3v) is 5.86. The lowest BCUT2D eigenvalue weighted by Gasteiger charge is -2.48. The smallest absolute Gasteiger partial charge is 0.410 e. The van der Waals surface area contributed by atoms with Gasteiger partial charge in [0.05, 0.1) is 11.6 Å². The largest absolute Gasteiger partial charge is 0.457 e. The number of ether oxygens (including phenoxy) is 2. The summed E-state index contributed by atoms with van der Waals surface area (Å²) in [6, 6.07) is 4.00. The molecular weight excluding hydrogens is 358 g/mol. The van der Waals surface area contributed by atoms with Gasteiger partial charge in [-0.3, -0.25) is 9.80 Å². The third kappa shape index (κ3) is 3.49. The van der Waals surface area contributed by atoms with Crippen molar-refractivity contribution in [3.63, 3.8) is 0 Å². The molecule has 3 aliphatic heterocycles. The fourth-order valence-electron chi connectivity index (χ4n) is 4.42. The third-order valence-electron chi connectivity index (χ3n) is 5.86.